The van der Waals surface area contributed by atoms with Crippen LogP contribution < -0.4 is 10.6 Å². The Bertz CT molecular complexity index is 317. The summed E-state index contributed by atoms with van der Waals surface area (Å²) in [5.74, 6) is 0.933. The molecule has 1 saturated heterocycles. The number of hydrogen-bond acceptors (Lipinski definition) is 5. The molecule has 0 spiro atoms. The predicted octanol–water partition coefficient (Wildman–Crippen LogP) is 1.78. The van der Waals surface area contributed by atoms with E-state index in [1.54, 1.807) is 18.0 Å². The van der Waals surface area contributed by atoms with Gasteiger partial charge in [0.25, 0.3) is 0 Å². The van der Waals surface area contributed by atoms with Crippen LogP contribution in [0.2, 0.25) is 0 Å². The van der Waals surface area contributed by atoms with Gasteiger partial charge in [0, 0.05) is 18.8 Å². The summed E-state index contributed by atoms with van der Waals surface area (Å²) >= 11 is 1.57. The Morgan fingerprint density at radius 2 is 2.44 bits per heavy atom. The lowest BCUT2D eigenvalue weighted by atomic mass is 10.1. The molecular formula is C10H17ClN4S. The van der Waals surface area contributed by atoms with Crippen molar-refractivity contribution in [3.63, 3.8) is 0 Å². The lowest BCUT2D eigenvalue weighted by Crippen LogP contribution is -2.38. The van der Waals surface area contributed by atoms with Crippen LogP contribution in [0.25, 0.3) is 0 Å². The molecule has 0 radical (unpaired) electrons. The second-order valence-electron chi connectivity index (χ2n) is 3.62. The number of rotatable bonds is 3. The van der Waals surface area contributed by atoms with E-state index in [0.29, 0.717) is 6.04 Å². The monoisotopic (exact) mass is 260 g/mol. The van der Waals surface area contributed by atoms with Gasteiger partial charge in [-0.15, -0.1) is 12.4 Å². The molecule has 16 heavy (non-hydrogen) atoms. The van der Waals surface area contributed by atoms with Gasteiger partial charge in [0.15, 0.2) is 5.16 Å². The molecule has 4 nitrogen and oxygen atoms in total. The molecule has 1 atom stereocenters. The van der Waals surface area contributed by atoms with Crippen molar-refractivity contribution in [3.05, 3.63) is 12.3 Å². The topological polar surface area (TPSA) is 49.8 Å². The molecule has 1 fully saturated rings. The molecule has 2 heterocycles. The second-order valence-corrected chi connectivity index (χ2v) is 4.39. The maximum absolute atomic E-state index is 4.40. The fourth-order valence-corrected chi connectivity index (χ4v) is 2.06. The summed E-state index contributed by atoms with van der Waals surface area (Å²) in [4.78, 5) is 8.55. The number of piperidine rings is 1. The predicted molar refractivity (Wildman–Crippen MR) is 70.6 cm³/mol. The minimum atomic E-state index is 0. The average Bonchev–Trinajstić information content (AvgIpc) is 2.31. The summed E-state index contributed by atoms with van der Waals surface area (Å²) in [7, 11) is 0. The number of anilines is 1. The van der Waals surface area contributed by atoms with Gasteiger partial charge in [0.2, 0.25) is 0 Å². The molecule has 2 rings (SSSR count). The summed E-state index contributed by atoms with van der Waals surface area (Å²) in [6.07, 6.45) is 6.24. The van der Waals surface area contributed by atoms with Gasteiger partial charge in [-0.1, -0.05) is 11.8 Å². The van der Waals surface area contributed by atoms with E-state index in [2.05, 4.69) is 20.6 Å². The zero-order valence-electron chi connectivity index (χ0n) is 9.27. The van der Waals surface area contributed by atoms with Crippen LogP contribution in [0.5, 0.6) is 0 Å². The van der Waals surface area contributed by atoms with E-state index >= 15 is 0 Å². The first kappa shape index (κ1) is 13.5. The SMILES string of the molecule is CSc1nccc(N[C@H]2CCCNC2)n1.Cl. The van der Waals surface area contributed by atoms with Gasteiger partial charge in [-0.25, -0.2) is 9.97 Å². The number of thioether (sulfide) groups is 1. The van der Waals surface area contributed by atoms with E-state index in [1.165, 1.54) is 12.8 Å². The molecule has 0 aliphatic carbocycles. The fraction of sp³-hybridized carbons (Fsp3) is 0.600. The van der Waals surface area contributed by atoms with E-state index < -0.39 is 0 Å². The van der Waals surface area contributed by atoms with Gasteiger partial charge in [-0.3, -0.25) is 0 Å². The number of hydrogen-bond donors (Lipinski definition) is 2. The highest BCUT2D eigenvalue weighted by atomic mass is 35.5. The van der Waals surface area contributed by atoms with Crippen LogP contribution >= 0.6 is 24.2 Å². The maximum atomic E-state index is 4.40. The first-order valence-electron chi connectivity index (χ1n) is 5.23. The van der Waals surface area contributed by atoms with Gasteiger partial charge in [0.05, 0.1) is 0 Å². The van der Waals surface area contributed by atoms with E-state index in [0.717, 1.165) is 24.1 Å². The van der Waals surface area contributed by atoms with Gasteiger partial charge in [-0.2, -0.15) is 0 Å². The smallest absolute Gasteiger partial charge is 0.189 e. The third-order valence-electron chi connectivity index (χ3n) is 2.46. The summed E-state index contributed by atoms with van der Waals surface area (Å²) in [5.41, 5.74) is 0. The van der Waals surface area contributed by atoms with Crippen molar-refractivity contribution in [1.82, 2.24) is 15.3 Å². The zero-order chi connectivity index (χ0) is 10.5. The van der Waals surface area contributed by atoms with E-state index in [9.17, 15) is 0 Å². The van der Waals surface area contributed by atoms with Crippen molar-refractivity contribution in [1.29, 1.82) is 0 Å². The quantitative estimate of drug-likeness (QED) is 0.641. The number of aromatic nitrogens is 2. The van der Waals surface area contributed by atoms with Crippen LogP contribution in [0.4, 0.5) is 5.82 Å². The van der Waals surface area contributed by atoms with Crippen molar-refractivity contribution < 1.29 is 0 Å². The average molecular weight is 261 g/mol. The Hall–Kier alpha value is -0.520. The maximum Gasteiger partial charge on any atom is 0.189 e. The lowest BCUT2D eigenvalue weighted by Gasteiger charge is -2.24. The first-order chi connectivity index (χ1) is 7.38. The van der Waals surface area contributed by atoms with E-state index in [-0.39, 0.29) is 12.4 Å². The highest BCUT2D eigenvalue weighted by molar-refractivity contribution is 7.98. The van der Waals surface area contributed by atoms with Crippen molar-refractivity contribution in [2.45, 2.75) is 24.0 Å². The molecule has 0 aromatic carbocycles. The molecule has 0 amide bonds. The van der Waals surface area contributed by atoms with E-state index in [1.807, 2.05) is 12.3 Å². The molecule has 1 aliphatic rings. The van der Waals surface area contributed by atoms with Gasteiger partial charge in [0.1, 0.15) is 5.82 Å². The van der Waals surface area contributed by atoms with Crippen molar-refractivity contribution in [3.8, 4) is 0 Å². The number of halogens is 1. The minimum Gasteiger partial charge on any atom is -0.366 e. The molecular weight excluding hydrogens is 244 g/mol. The van der Waals surface area contributed by atoms with Crippen LogP contribution in [-0.4, -0.2) is 35.4 Å². The molecule has 1 aliphatic heterocycles. The normalized spacial score (nSPS) is 19.9. The number of nitrogens with zero attached hydrogens (tertiary/aromatic N) is 2. The molecule has 0 unspecified atom stereocenters. The van der Waals surface area contributed by atoms with Crippen LogP contribution in [0.3, 0.4) is 0 Å². The molecule has 0 bridgehead atoms. The Morgan fingerprint density at radius 3 is 3.12 bits per heavy atom. The Balaban J connectivity index is 0.00000128. The first-order valence-corrected chi connectivity index (χ1v) is 6.45. The highest BCUT2D eigenvalue weighted by Crippen LogP contribution is 2.13. The second kappa shape index (κ2) is 6.93. The number of nitrogens with one attached hydrogen (secondary N) is 2. The Kier molecular flexibility index (Phi) is 5.87. The molecule has 6 heteroatoms. The third kappa shape index (κ3) is 3.81. The van der Waals surface area contributed by atoms with Crippen molar-refractivity contribution in [2.24, 2.45) is 0 Å². The molecule has 0 saturated carbocycles. The van der Waals surface area contributed by atoms with Gasteiger partial charge < -0.3 is 10.6 Å². The largest absolute Gasteiger partial charge is 0.366 e. The lowest BCUT2D eigenvalue weighted by molar-refractivity contribution is 0.478. The summed E-state index contributed by atoms with van der Waals surface area (Å²) < 4.78 is 0. The van der Waals surface area contributed by atoms with Crippen LogP contribution in [-0.2, 0) is 0 Å². The standard InChI is InChI=1S/C10H16N4S.ClH/c1-15-10-12-6-4-9(14-10)13-8-3-2-5-11-7-8;/h4,6,8,11H,2-3,5,7H2,1H3,(H,12,13,14);1H/t8-;/m0./s1. The molecule has 1 aromatic rings. The third-order valence-corrected chi connectivity index (χ3v) is 3.03. The summed E-state index contributed by atoms with van der Waals surface area (Å²) in [6.45, 7) is 2.16. The van der Waals surface area contributed by atoms with Crippen LogP contribution in [0.1, 0.15) is 12.8 Å². The van der Waals surface area contributed by atoms with Crippen molar-refractivity contribution in [2.75, 3.05) is 24.7 Å². The Morgan fingerprint density at radius 1 is 1.56 bits per heavy atom. The van der Waals surface area contributed by atoms with Crippen LogP contribution in [0.15, 0.2) is 17.4 Å². The summed E-state index contributed by atoms with van der Waals surface area (Å²) in [6, 6.07) is 2.43. The minimum absolute atomic E-state index is 0. The van der Waals surface area contributed by atoms with Gasteiger partial charge in [-0.05, 0) is 31.7 Å². The van der Waals surface area contributed by atoms with E-state index in [4.69, 9.17) is 0 Å². The van der Waals surface area contributed by atoms with Gasteiger partial charge >= 0.3 is 0 Å². The highest BCUT2D eigenvalue weighted by Gasteiger charge is 2.12. The summed E-state index contributed by atoms with van der Waals surface area (Å²) in [5, 5.41) is 7.62. The fourth-order valence-electron chi connectivity index (χ4n) is 1.70. The zero-order valence-corrected chi connectivity index (χ0v) is 10.9. The molecule has 2 N–H and O–H groups in total. The van der Waals surface area contributed by atoms with Crippen LogP contribution in [0, 0.1) is 0 Å². The molecule has 90 valence electrons. The Labute approximate surface area is 106 Å². The molecule has 1 aromatic heterocycles. The van der Waals surface area contributed by atoms with Crippen molar-refractivity contribution >= 4 is 30.0 Å².